The molecule has 0 atom stereocenters. The first kappa shape index (κ1) is 25.2. The first-order valence-corrected chi connectivity index (χ1v) is 9.54. The van der Waals surface area contributed by atoms with E-state index in [1.807, 2.05) is 17.5 Å². The van der Waals surface area contributed by atoms with Crippen LogP contribution in [0.4, 0.5) is 13.2 Å². The van der Waals surface area contributed by atoms with Crippen LogP contribution in [-0.4, -0.2) is 44.0 Å². The van der Waals surface area contributed by atoms with E-state index in [2.05, 4.69) is 15.6 Å². The Kier molecular flexibility index (Phi) is 10.4. The summed E-state index contributed by atoms with van der Waals surface area (Å²) in [6, 6.07) is 8.90. The van der Waals surface area contributed by atoms with Gasteiger partial charge >= 0.3 is 6.18 Å². The number of nitrogens with zero attached hydrogens (tertiary/aromatic N) is 2. The van der Waals surface area contributed by atoms with E-state index in [9.17, 15) is 18.0 Å². The molecule has 5 nitrogen and oxygen atoms in total. The Morgan fingerprint density at radius 1 is 1.14 bits per heavy atom. The molecule has 1 aromatic heterocycles. The lowest BCUT2D eigenvalue weighted by Gasteiger charge is -2.15. The van der Waals surface area contributed by atoms with Crippen LogP contribution in [0.25, 0.3) is 0 Å². The Morgan fingerprint density at radius 3 is 2.38 bits per heavy atom. The van der Waals surface area contributed by atoms with Crippen LogP contribution in [0.2, 0.25) is 0 Å². The van der Waals surface area contributed by atoms with Gasteiger partial charge in [0.2, 0.25) is 5.91 Å². The van der Waals surface area contributed by atoms with Gasteiger partial charge in [-0.2, -0.15) is 13.2 Å². The van der Waals surface area contributed by atoms with Crippen LogP contribution >= 0.6 is 35.3 Å². The normalized spacial score (nSPS) is 11.6. The van der Waals surface area contributed by atoms with Crippen molar-refractivity contribution in [1.29, 1.82) is 0 Å². The number of thiophene rings is 1. The highest BCUT2D eigenvalue weighted by atomic mass is 127. The average molecular weight is 540 g/mol. The van der Waals surface area contributed by atoms with Crippen LogP contribution in [0.3, 0.4) is 0 Å². The number of benzene rings is 1. The smallest absolute Gasteiger partial charge is 0.356 e. The fourth-order valence-electron chi connectivity index (χ4n) is 2.22. The van der Waals surface area contributed by atoms with E-state index in [0.717, 1.165) is 18.6 Å². The number of alkyl halides is 3. The number of aliphatic imine (C=N–C) groups is 1. The fraction of sp³-hybridized carbons (Fsp3) is 0.368. The number of likely N-dealkylation sites (N-methyl/N-ethyl adjacent to an activating group) is 1. The minimum absolute atomic E-state index is 0. The maximum atomic E-state index is 12.6. The first-order valence-electron chi connectivity index (χ1n) is 8.66. The summed E-state index contributed by atoms with van der Waals surface area (Å²) in [4.78, 5) is 18.9. The lowest BCUT2D eigenvalue weighted by molar-refractivity contribution is -0.137. The van der Waals surface area contributed by atoms with Crippen molar-refractivity contribution in [3.63, 3.8) is 0 Å². The Bertz CT molecular complexity index is 778. The molecule has 0 aliphatic carbocycles. The molecular weight excluding hydrogens is 516 g/mol. The van der Waals surface area contributed by atoms with Crippen molar-refractivity contribution in [2.75, 3.05) is 27.2 Å². The largest absolute Gasteiger partial charge is 0.416 e. The third-order valence-electron chi connectivity index (χ3n) is 3.85. The zero-order valence-corrected chi connectivity index (χ0v) is 19.3. The highest BCUT2D eigenvalue weighted by Gasteiger charge is 2.29. The van der Waals surface area contributed by atoms with Crippen molar-refractivity contribution in [3.05, 3.63) is 57.8 Å². The standard InChI is InChI=1S/C19H23F3N4OS.HI/c1-26(2)17(27)13-25-18(23-10-9-16-4-3-11-28-16)24-12-14-5-7-15(8-6-14)19(20,21)22;/h3-8,11H,9-10,12-13H2,1-2H3,(H2,23,24,25);1H. The van der Waals surface area contributed by atoms with Crippen LogP contribution in [-0.2, 0) is 23.9 Å². The highest BCUT2D eigenvalue weighted by Crippen LogP contribution is 2.29. The van der Waals surface area contributed by atoms with E-state index >= 15 is 0 Å². The van der Waals surface area contributed by atoms with Gasteiger partial charge < -0.3 is 15.5 Å². The summed E-state index contributed by atoms with van der Waals surface area (Å²) in [7, 11) is 3.32. The number of carbonyl (C=O) groups excluding carboxylic acids is 1. The third-order valence-corrected chi connectivity index (χ3v) is 4.79. The summed E-state index contributed by atoms with van der Waals surface area (Å²) in [5.41, 5.74) is -0.0458. The molecule has 0 saturated carbocycles. The molecule has 0 aliphatic heterocycles. The number of hydrogen-bond donors (Lipinski definition) is 2. The van der Waals surface area contributed by atoms with Gasteiger partial charge in [0.05, 0.1) is 18.7 Å². The molecule has 160 valence electrons. The van der Waals surface area contributed by atoms with Gasteiger partial charge in [-0.25, -0.2) is 4.99 Å². The monoisotopic (exact) mass is 540 g/mol. The number of halogens is 4. The minimum atomic E-state index is -4.36. The Hall–Kier alpha value is -1.82. The predicted molar refractivity (Wildman–Crippen MR) is 121 cm³/mol. The van der Waals surface area contributed by atoms with E-state index < -0.39 is 11.7 Å². The van der Waals surface area contributed by atoms with Gasteiger partial charge in [0, 0.05) is 25.5 Å². The van der Waals surface area contributed by atoms with Gasteiger partial charge in [0.1, 0.15) is 0 Å². The van der Waals surface area contributed by atoms with Crippen LogP contribution in [0.15, 0.2) is 46.8 Å². The van der Waals surface area contributed by atoms with E-state index in [1.165, 1.54) is 21.9 Å². The van der Waals surface area contributed by atoms with Crippen molar-refractivity contribution < 1.29 is 18.0 Å². The fourth-order valence-corrected chi connectivity index (χ4v) is 2.93. The molecule has 0 spiro atoms. The van der Waals surface area contributed by atoms with Crippen LogP contribution in [0.1, 0.15) is 16.0 Å². The molecule has 0 fully saturated rings. The van der Waals surface area contributed by atoms with Crippen molar-refractivity contribution in [3.8, 4) is 0 Å². The van der Waals surface area contributed by atoms with Crippen molar-refractivity contribution >= 4 is 47.2 Å². The summed E-state index contributed by atoms with van der Waals surface area (Å²) in [6.07, 6.45) is -3.55. The highest BCUT2D eigenvalue weighted by molar-refractivity contribution is 14.0. The second-order valence-corrected chi connectivity index (χ2v) is 7.29. The summed E-state index contributed by atoms with van der Waals surface area (Å²) in [5.74, 6) is 0.328. The second kappa shape index (κ2) is 12.0. The van der Waals surface area contributed by atoms with Crippen molar-refractivity contribution in [2.45, 2.75) is 19.1 Å². The predicted octanol–water partition coefficient (Wildman–Crippen LogP) is 3.75. The van der Waals surface area contributed by atoms with Gasteiger partial charge in [-0.3, -0.25) is 4.79 Å². The molecule has 10 heteroatoms. The van der Waals surface area contributed by atoms with Gasteiger partial charge in [-0.05, 0) is 35.6 Å². The van der Waals surface area contributed by atoms with Crippen molar-refractivity contribution in [1.82, 2.24) is 15.5 Å². The van der Waals surface area contributed by atoms with Crippen molar-refractivity contribution in [2.24, 2.45) is 4.99 Å². The van der Waals surface area contributed by atoms with E-state index in [0.29, 0.717) is 18.1 Å². The molecule has 2 aromatic rings. The number of amides is 1. The Labute approximate surface area is 189 Å². The summed E-state index contributed by atoms with van der Waals surface area (Å²) >= 11 is 1.66. The molecule has 0 radical (unpaired) electrons. The summed E-state index contributed by atoms with van der Waals surface area (Å²) in [5, 5.41) is 8.11. The summed E-state index contributed by atoms with van der Waals surface area (Å²) in [6.45, 7) is 0.892. The molecule has 1 heterocycles. The Morgan fingerprint density at radius 2 is 1.83 bits per heavy atom. The Balaban J connectivity index is 0.00000420. The maximum Gasteiger partial charge on any atom is 0.416 e. The molecule has 0 bridgehead atoms. The zero-order chi connectivity index (χ0) is 20.6. The lowest BCUT2D eigenvalue weighted by Crippen LogP contribution is -2.43. The minimum Gasteiger partial charge on any atom is -0.356 e. The lowest BCUT2D eigenvalue weighted by atomic mass is 10.1. The van der Waals surface area contributed by atoms with Crippen LogP contribution in [0, 0.1) is 0 Å². The van der Waals surface area contributed by atoms with Gasteiger partial charge in [0.25, 0.3) is 0 Å². The number of rotatable bonds is 7. The topological polar surface area (TPSA) is 56.7 Å². The molecule has 29 heavy (non-hydrogen) atoms. The van der Waals surface area contributed by atoms with Crippen LogP contribution < -0.4 is 10.6 Å². The molecule has 0 unspecified atom stereocenters. The number of guanidine groups is 1. The van der Waals surface area contributed by atoms with E-state index in [-0.39, 0.29) is 43.0 Å². The molecule has 0 aliphatic rings. The quantitative estimate of drug-likeness (QED) is 0.320. The molecule has 1 amide bonds. The SMILES string of the molecule is CN(C)C(=O)CNC(=NCc1ccc(C(F)(F)F)cc1)NCCc1cccs1.I. The maximum absolute atomic E-state index is 12.6. The van der Waals surface area contributed by atoms with E-state index in [1.54, 1.807) is 25.4 Å². The van der Waals surface area contributed by atoms with Gasteiger partial charge in [0.15, 0.2) is 5.96 Å². The van der Waals surface area contributed by atoms with E-state index in [4.69, 9.17) is 0 Å². The van der Waals surface area contributed by atoms with Crippen LogP contribution in [0.5, 0.6) is 0 Å². The summed E-state index contributed by atoms with van der Waals surface area (Å²) < 4.78 is 37.9. The van der Waals surface area contributed by atoms with Gasteiger partial charge in [-0.1, -0.05) is 18.2 Å². The number of carbonyl (C=O) groups is 1. The number of nitrogens with one attached hydrogen (secondary N) is 2. The molecule has 2 rings (SSSR count). The second-order valence-electron chi connectivity index (χ2n) is 6.26. The molecule has 1 aromatic carbocycles. The average Bonchev–Trinajstić information content (AvgIpc) is 3.16. The third kappa shape index (κ3) is 9.03. The molecular formula is C19H24F3IN4OS. The zero-order valence-electron chi connectivity index (χ0n) is 16.1. The number of hydrogen-bond acceptors (Lipinski definition) is 3. The van der Waals surface area contributed by atoms with Gasteiger partial charge in [-0.15, -0.1) is 35.3 Å². The molecule has 0 saturated heterocycles. The first-order chi connectivity index (χ1) is 13.3. The molecule has 2 N–H and O–H groups in total.